The van der Waals surface area contributed by atoms with Crippen LogP contribution in [0.25, 0.3) is 0 Å². The molecule has 0 bridgehead atoms. The molecule has 2 heterocycles. The summed E-state index contributed by atoms with van der Waals surface area (Å²) in [6.07, 6.45) is 5.08. The van der Waals surface area contributed by atoms with Crippen molar-refractivity contribution in [2.45, 2.75) is 51.1 Å². The summed E-state index contributed by atoms with van der Waals surface area (Å²) in [5.74, 6) is 0.568. The average Bonchev–Trinajstić information content (AvgIpc) is 3.15. The average molecular weight is 371 g/mol. The van der Waals surface area contributed by atoms with Crippen LogP contribution < -0.4 is 10.1 Å². The van der Waals surface area contributed by atoms with Gasteiger partial charge in [-0.2, -0.15) is 0 Å². The summed E-state index contributed by atoms with van der Waals surface area (Å²) in [5.41, 5.74) is 0.607. The largest absolute Gasteiger partial charge is 0.494 e. The third-order valence-corrected chi connectivity index (χ3v) is 5.84. The predicted octanol–water partition coefficient (Wildman–Crippen LogP) is 2.62. The van der Waals surface area contributed by atoms with Crippen LogP contribution in [0.1, 0.15) is 39.0 Å². The fraction of sp³-hybridized carbons (Fsp3) is 0.550. The standard InChI is InChI=1S/C20H25N3O4/c1-2-27-15-9-7-14(8-10-15)21-18(24)12-22-19(25)17-11-13-5-3-4-6-16(13)23(17)20(22)26/h7-10,13,16-17H,2-6,11-12H2,1H3,(H,21,24). The summed E-state index contributed by atoms with van der Waals surface area (Å²) in [5, 5.41) is 2.74. The summed E-state index contributed by atoms with van der Waals surface area (Å²) in [6.45, 7) is 2.24. The molecule has 0 spiro atoms. The maximum Gasteiger partial charge on any atom is 0.328 e. The molecule has 144 valence electrons. The fourth-order valence-corrected chi connectivity index (χ4v) is 4.66. The number of urea groups is 1. The van der Waals surface area contributed by atoms with E-state index in [0.29, 0.717) is 18.2 Å². The lowest BCUT2D eigenvalue weighted by Crippen LogP contribution is -2.43. The SMILES string of the molecule is CCOc1ccc(NC(=O)CN2C(=O)C3CC4CCCCC4N3C2=O)cc1. The van der Waals surface area contributed by atoms with Crippen molar-refractivity contribution in [1.29, 1.82) is 0 Å². The molecule has 4 amide bonds. The Hall–Kier alpha value is -2.57. The number of fused-ring (bicyclic) bond motifs is 3. The monoisotopic (exact) mass is 371 g/mol. The van der Waals surface area contributed by atoms with Gasteiger partial charge in [-0.1, -0.05) is 12.8 Å². The summed E-state index contributed by atoms with van der Waals surface area (Å²) >= 11 is 0. The minimum absolute atomic E-state index is 0.166. The normalized spacial score (nSPS) is 26.8. The molecular weight excluding hydrogens is 346 g/mol. The van der Waals surface area contributed by atoms with Gasteiger partial charge in [0.1, 0.15) is 18.3 Å². The molecule has 1 aromatic rings. The topological polar surface area (TPSA) is 79.0 Å². The van der Waals surface area contributed by atoms with Crippen LogP contribution in [-0.2, 0) is 9.59 Å². The van der Waals surface area contributed by atoms with Crippen LogP contribution in [0.3, 0.4) is 0 Å². The molecule has 7 nitrogen and oxygen atoms in total. The lowest BCUT2D eigenvalue weighted by Gasteiger charge is -2.30. The highest BCUT2D eigenvalue weighted by atomic mass is 16.5. The molecule has 3 fully saturated rings. The molecule has 1 aromatic carbocycles. The highest BCUT2D eigenvalue weighted by Crippen LogP contribution is 2.43. The Bertz CT molecular complexity index is 748. The molecule has 2 saturated heterocycles. The first-order chi connectivity index (χ1) is 13.1. The van der Waals surface area contributed by atoms with Gasteiger partial charge in [-0.05, 0) is 56.4 Å². The van der Waals surface area contributed by atoms with Gasteiger partial charge in [0.2, 0.25) is 5.91 Å². The second-order valence-corrected chi connectivity index (χ2v) is 7.48. The molecule has 1 aliphatic carbocycles. The van der Waals surface area contributed by atoms with Crippen molar-refractivity contribution in [2.24, 2.45) is 5.92 Å². The Morgan fingerprint density at radius 1 is 1.19 bits per heavy atom. The van der Waals surface area contributed by atoms with Crippen LogP contribution in [0, 0.1) is 5.92 Å². The van der Waals surface area contributed by atoms with Crippen molar-refractivity contribution in [3.05, 3.63) is 24.3 Å². The van der Waals surface area contributed by atoms with E-state index < -0.39 is 0 Å². The first-order valence-electron chi connectivity index (χ1n) is 9.75. The number of benzene rings is 1. The minimum atomic E-state index is -0.373. The molecule has 1 saturated carbocycles. The number of rotatable bonds is 5. The van der Waals surface area contributed by atoms with Gasteiger partial charge >= 0.3 is 6.03 Å². The van der Waals surface area contributed by atoms with E-state index in [2.05, 4.69) is 5.32 Å². The number of imide groups is 1. The fourth-order valence-electron chi connectivity index (χ4n) is 4.66. The molecule has 2 aliphatic heterocycles. The molecular formula is C20H25N3O4. The highest BCUT2D eigenvalue weighted by Gasteiger charge is 2.55. The van der Waals surface area contributed by atoms with E-state index in [1.165, 1.54) is 6.42 Å². The minimum Gasteiger partial charge on any atom is -0.494 e. The Balaban J connectivity index is 1.39. The zero-order valence-corrected chi connectivity index (χ0v) is 15.5. The van der Waals surface area contributed by atoms with E-state index >= 15 is 0 Å². The van der Waals surface area contributed by atoms with Gasteiger partial charge < -0.3 is 15.0 Å². The zero-order valence-electron chi connectivity index (χ0n) is 15.5. The maximum atomic E-state index is 12.8. The third-order valence-electron chi connectivity index (χ3n) is 5.84. The molecule has 1 N–H and O–H groups in total. The van der Waals surface area contributed by atoms with E-state index in [1.807, 2.05) is 6.92 Å². The summed E-state index contributed by atoms with van der Waals surface area (Å²) < 4.78 is 5.37. The summed E-state index contributed by atoms with van der Waals surface area (Å²) in [4.78, 5) is 40.7. The second-order valence-electron chi connectivity index (χ2n) is 7.48. The lowest BCUT2D eigenvalue weighted by atomic mass is 9.84. The van der Waals surface area contributed by atoms with Crippen LogP contribution in [0.2, 0.25) is 0 Å². The van der Waals surface area contributed by atoms with Crippen molar-refractivity contribution >= 4 is 23.5 Å². The Kier molecular flexibility index (Phi) is 4.76. The van der Waals surface area contributed by atoms with E-state index in [4.69, 9.17) is 4.74 Å². The van der Waals surface area contributed by atoms with Crippen LogP contribution in [0.15, 0.2) is 24.3 Å². The lowest BCUT2D eigenvalue weighted by molar-refractivity contribution is -0.131. The smallest absolute Gasteiger partial charge is 0.328 e. The van der Waals surface area contributed by atoms with E-state index in [9.17, 15) is 14.4 Å². The molecule has 27 heavy (non-hydrogen) atoms. The molecule has 0 radical (unpaired) electrons. The van der Waals surface area contributed by atoms with E-state index in [1.54, 1.807) is 29.2 Å². The second kappa shape index (κ2) is 7.21. The molecule has 3 atom stereocenters. The number of amides is 4. The predicted molar refractivity (Wildman–Crippen MR) is 99.3 cm³/mol. The Morgan fingerprint density at radius 3 is 2.67 bits per heavy atom. The number of carbonyl (C=O) groups excluding carboxylic acids is 3. The Morgan fingerprint density at radius 2 is 1.93 bits per heavy atom. The molecule has 3 unspecified atom stereocenters. The van der Waals surface area contributed by atoms with Gasteiger partial charge in [0.15, 0.2) is 0 Å². The summed E-state index contributed by atoms with van der Waals surface area (Å²) in [6, 6.07) is 6.50. The highest BCUT2D eigenvalue weighted by molar-refractivity contribution is 6.08. The maximum absolute atomic E-state index is 12.8. The van der Waals surface area contributed by atoms with Gasteiger partial charge in [-0.3, -0.25) is 14.5 Å². The number of nitrogens with zero attached hydrogens (tertiary/aromatic N) is 2. The zero-order chi connectivity index (χ0) is 19.0. The van der Waals surface area contributed by atoms with Crippen molar-refractivity contribution in [2.75, 3.05) is 18.5 Å². The first kappa shape index (κ1) is 17.8. The number of carbonyl (C=O) groups is 3. The van der Waals surface area contributed by atoms with Crippen molar-refractivity contribution in [3.8, 4) is 5.75 Å². The number of hydrogen-bond donors (Lipinski definition) is 1. The van der Waals surface area contributed by atoms with Crippen molar-refractivity contribution in [3.63, 3.8) is 0 Å². The van der Waals surface area contributed by atoms with Gasteiger partial charge in [0.05, 0.1) is 6.61 Å². The van der Waals surface area contributed by atoms with E-state index in [-0.39, 0.29) is 36.5 Å². The van der Waals surface area contributed by atoms with Gasteiger partial charge in [0.25, 0.3) is 5.91 Å². The van der Waals surface area contributed by atoms with Gasteiger partial charge in [-0.15, -0.1) is 0 Å². The number of ether oxygens (including phenoxy) is 1. The number of nitrogens with one attached hydrogen (secondary N) is 1. The molecule has 0 aromatic heterocycles. The number of anilines is 1. The first-order valence-corrected chi connectivity index (χ1v) is 9.75. The third kappa shape index (κ3) is 3.26. The molecule has 3 aliphatic rings. The van der Waals surface area contributed by atoms with Crippen LogP contribution in [0.5, 0.6) is 5.75 Å². The van der Waals surface area contributed by atoms with Crippen LogP contribution in [-0.4, -0.2) is 52.9 Å². The van der Waals surface area contributed by atoms with Crippen molar-refractivity contribution in [1.82, 2.24) is 9.80 Å². The Labute approximate surface area is 158 Å². The van der Waals surface area contributed by atoms with Crippen LogP contribution in [0.4, 0.5) is 10.5 Å². The van der Waals surface area contributed by atoms with Gasteiger partial charge in [-0.25, -0.2) is 4.79 Å². The van der Waals surface area contributed by atoms with Gasteiger partial charge in [0, 0.05) is 11.7 Å². The molecule has 7 heteroatoms. The van der Waals surface area contributed by atoms with Crippen molar-refractivity contribution < 1.29 is 19.1 Å². The van der Waals surface area contributed by atoms with Crippen LogP contribution >= 0.6 is 0 Å². The number of hydrogen-bond acceptors (Lipinski definition) is 4. The summed E-state index contributed by atoms with van der Waals surface area (Å²) in [7, 11) is 0. The van der Waals surface area contributed by atoms with E-state index in [0.717, 1.165) is 36.3 Å². The quantitative estimate of drug-likeness (QED) is 0.807. The molecule has 4 rings (SSSR count).